The molecule has 0 saturated carbocycles. The van der Waals surface area contributed by atoms with E-state index >= 15 is 0 Å². The van der Waals surface area contributed by atoms with Crippen LogP contribution in [-0.2, 0) is 0 Å². The van der Waals surface area contributed by atoms with Gasteiger partial charge in [-0.25, -0.2) is 8.78 Å². The van der Waals surface area contributed by atoms with Crippen molar-refractivity contribution in [3.8, 4) is 0 Å². The summed E-state index contributed by atoms with van der Waals surface area (Å²) in [4.78, 5) is 12.0. The van der Waals surface area contributed by atoms with Gasteiger partial charge in [0, 0.05) is 21.8 Å². The summed E-state index contributed by atoms with van der Waals surface area (Å²) in [5.41, 5.74) is 7.45. The van der Waals surface area contributed by atoms with E-state index in [-0.39, 0.29) is 5.56 Å². The van der Waals surface area contributed by atoms with Gasteiger partial charge >= 0.3 is 0 Å². The number of anilines is 2. The minimum absolute atomic E-state index is 0.103. The monoisotopic (exact) mass is 340 g/mol. The number of rotatable bonds is 2. The molecule has 0 atom stereocenters. The molecule has 0 aliphatic carbocycles. The maximum atomic E-state index is 13.1. The van der Waals surface area contributed by atoms with E-state index in [1.54, 1.807) is 12.1 Å². The second-order valence-corrected chi connectivity index (χ2v) is 5.16. The average Bonchev–Trinajstić information content (AvgIpc) is 2.34. The molecule has 2 aromatic carbocycles. The van der Waals surface area contributed by atoms with Crippen LogP contribution in [-0.4, -0.2) is 5.91 Å². The molecule has 2 rings (SSSR count). The highest BCUT2D eigenvalue weighted by Gasteiger charge is 2.12. The van der Waals surface area contributed by atoms with Crippen LogP contribution in [0.3, 0.4) is 0 Å². The first-order chi connectivity index (χ1) is 9.36. The van der Waals surface area contributed by atoms with Gasteiger partial charge in [-0.3, -0.25) is 4.79 Å². The van der Waals surface area contributed by atoms with Crippen LogP contribution in [0, 0.1) is 18.6 Å². The summed E-state index contributed by atoms with van der Waals surface area (Å²) in [7, 11) is 0. The maximum absolute atomic E-state index is 13.1. The normalized spacial score (nSPS) is 10.4. The predicted molar refractivity (Wildman–Crippen MR) is 77.6 cm³/mol. The molecule has 0 saturated heterocycles. The largest absolute Gasteiger partial charge is 0.398 e. The zero-order valence-electron chi connectivity index (χ0n) is 10.5. The van der Waals surface area contributed by atoms with Crippen molar-refractivity contribution in [1.29, 1.82) is 0 Å². The molecule has 2 aromatic rings. The molecule has 0 unspecified atom stereocenters. The molecule has 1 amide bonds. The Bertz CT molecular complexity index is 669. The molecule has 6 heteroatoms. The van der Waals surface area contributed by atoms with Crippen molar-refractivity contribution >= 4 is 33.2 Å². The number of hydrogen-bond acceptors (Lipinski definition) is 2. The first-order valence-electron chi connectivity index (χ1n) is 5.70. The number of nitrogens with two attached hydrogens (primary N) is 1. The summed E-state index contributed by atoms with van der Waals surface area (Å²) in [6.45, 7) is 1.83. The third-order valence-corrected chi connectivity index (χ3v) is 3.38. The fraction of sp³-hybridized carbons (Fsp3) is 0.0714. The van der Waals surface area contributed by atoms with Gasteiger partial charge in [0.05, 0.1) is 5.69 Å². The highest BCUT2D eigenvalue weighted by atomic mass is 79.9. The second kappa shape index (κ2) is 5.58. The Morgan fingerprint density at radius 3 is 2.35 bits per heavy atom. The standard InChI is InChI=1S/C14H11BrF2N2O/c1-7-2-11(15)13(6-12(7)18)19-14(20)8-3-9(16)5-10(17)4-8/h2-6H,18H2,1H3,(H,19,20). The molecule has 0 radical (unpaired) electrons. The lowest BCUT2D eigenvalue weighted by atomic mass is 10.1. The van der Waals surface area contributed by atoms with Gasteiger partial charge in [-0.1, -0.05) is 0 Å². The van der Waals surface area contributed by atoms with Crippen molar-refractivity contribution < 1.29 is 13.6 Å². The molecule has 0 bridgehead atoms. The van der Waals surface area contributed by atoms with Crippen LogP contribution in [0.15, 0.2) is 34.8 Å². The molecule has 20 heavy (non-hydrogen) atoms. The zero-order chi connectivity index (χ0) is 14.9. The summed E-state index contributed by atoms with van der Waals surface area (Å²) >= 11 is 3.29. The Balaban J connectivity index is 2.30. The number of halogens is 3. The van der Waals surface area contributed by atoms with Gasteiger partial charge in [0.2, 0.25) is 0 Å². The van der Waals surface area contributed by atoms with Crippen LogP contribution in [0.5, 0.6) is 0 Å². The lowest BCUT2D eigenvalue weighted by molar-refractivity contribution is 0.102. The Labute approximate surface area is 122 Å². The van der Waals surface area contributed by atoms with E-state index in [2.05, 4.69) is 21.2 Å². The van der Waals surface area contributed by atoms with E-state index in [0.717, 1.165) is 17.7 Å². The number of hydrogen-bond donors (Lipinski definition) is 2. The van der Waals surface area contributed by atoms with Crippen molar-refractivity contribution in [2.24, 2.45) is 0 Å². The first kappa shape index (κ1) is 14.5. The molecular formula is C14H11BrF2N2O. The van der Waals surface area contributed by atoms with E-state index in [9.17, 15) is 13.6 Å². The summed E-state index contributed by atoms with van der Waals surface area (Å²) in [5, 5.41) is 2.55. The molecule has 104 valence electrons. The van der Waals surface area contributed by atoms with Crippen molar-refractivity contribution in [3.05, 3.63) is 57.6 Å². The van der Waals surface area contributed by atoms with Crippen LogP contribution >= 0.6 is 15.9 Å². The molecular weight excluding hydrogens is 330 g/mol. The lowest BCUT2D eigenvalue weighted by Gasteiger charge is -2.10. The maximum Gasteiger partial charge on any atom is 0.255 e. The predicted octanol–water partition coefficient (Wildman–Crippen LogP) is 3.87. The van der Waals surface area contributed by atoms with Crippen LogP contribution in [0.4, 0.5) is 20.2 Å². The zero-order valence-corrected chi connectivity index (χ0v) is 12.1. The molecule has 0 aliphatic rings. The molecule has 3 nitrogen and oxygen atoms in total. The Morgan fingerprint density at radius 2 is 1.75 bits per heavy atom. The molecule has 0 heterocycles. The summed E-state index contributed by atoms with van der Waals surface area (Å²) in [6, 6.07) is 5.95. The fourth-order valence-corrected chi connectivity index (χ4v) is 2.22. The minimum atomic E-state index is -0.808. The van der Waals surface area contributed by atoms with Gasteiger partial charge in [-0.05, 0) is 52.7 Å². The van der Waals surface area contributed by atoms with E-state index in [1.807, 2.05) is 6.92 Å². The molecule has 0 aromatic heterocycles. The van der Waals surface area contributed by atoms with Gasteiger partial charge < -0.3 is 11.1 Å². The number of carbonyl (C=O) groups is 1. The highest BCUT2D eigenvalue weighted by molar-refractivity contribution is 9.10. The van der Waals surface area contributed by atoms with Gasteiger partial charge in [-0.15, -0.1) is 0 Å². The molecule has 0 aliphatic heterocycles. The number of aryl methyl sites for hydroxylation is 1. The Morgan fingerprint density at radius 1 is 1.15 bits per heavy atom. The minimum Gasteiger partial charge on any atom is -0.398 e. The molecule has 0 spiro atoms. The van der Waals surface area contributed by atoms with E-state index < -0.39 is 17.5 Å². The third kappa shape index (κ3) is 3.14. The van der Waals surface area contributed by atoms with E-state index in [4.69, 9.17) is 5.73 Å². The van der Waals surface area contributed by atoms with Gasteiger partial charge in [0.15, 0.2) is 0 Å². The van der Waals surface area contributed by atoms with Crippen molar-refractivity contribution in [1.82, 2.24) is 0 Å². The number of nitrogen functional groups attached to an aromatic ring is 1. The number of benzene rings is 2. The van der Waals surface area contributed by atoms with Crippen LogP contribution in [0.25, 0.3) is 0 Å². The van der Waals surface area contributed by atoms with E-state index in [0.29, 0.717) is 21.9 Å². The van der Waals surface area contributed by atoms with Crippen LogP contribution in [0.1, 0.15) is 15.9 Å². The smallest absolute Gasteiger partial charge is 0.255 e. The first-order valence-corrected chi connectivity index (χ1v) is 6.49. The number of amides is 1. The Kier molecular flexibility index (Phi) is 4.04. The van der Waals surface area contributed by atoms with Crippen molar-refractivity contribution in [3.63, 3.8) is 0 Å². The molecule has 0 fully saturated rings. The number of nitrogens with one attached hydrogen (secondary N) is 1. The highest BCUT2D eigenvalue weighted by Crippen LogP contribution is 2.28. The van der Waals surface area contributed by atoms with Crippen LogP contribution in [0.2, 0.25) is 0 Å². The van der Waals surface area contributed by atoms with Crippen molar-refractivity contribution in [2.45, 2.75) is 6.92 Å². The lowest BCUT2D eigenvalue weighted by Crippen LogP contribution is -2.13. The SMILES string of the molecule is Cc1cc(Br)c(NC(=O)c2cc(F)cc(F)c2)cc1N. The van der Waals surface area contributed by atoms with Crippen LogP contribution < -0.4 is 11.1 Å². The summed E-state index contributed by atoms with van der Waals surface area (Å²) in [6.07, 6.45) is 0. The topological polar surface area (TPSA) is 55.1 Å². The summed E-state index contributed by atoms with van der Waals surface area (Å²) < 4.78 is 26.8. The Hall–Kier alpha value is -1.95. The second-order valence-electron chi connectivity index (χ2n) is 4.30. The van der Waals surface area contributed by atoms with Gasteiger partial charge in [0.25, 0.3) is 5.91 Å². The quantitative estimate of drug-likeness (QED) is 0.815. The average molecular weight is 341 g/mol. The number of carbonyl (C=O) groups excluding carboxylic acids is 1. The van der Waals surface area contributed by atoms with Gasteiger partial charge in [-0.2, -0.15) is 0 Å². The van der Waals surface area contributed by atoms with Gasteiger partial charge in [0.1, 0.15) is 11.6 Å². The van der Waals surface area contributed by atoms with Crippen molar-refractivity contribution in [2.75, 3.05) is 11.1 Å². The molecule has 3 N–H and O–H groups in total. The summed E-state index contributed by atoms with van der Waals surface area (Å²) in [5.74, 6) is -2.23. The fourth-order valence-electron chi connectivity index (χ4n) is 1.66. The third-order valence-electron chi connectivity index (χ3n) is 2.73. The van der Waals surface area contributed by atoms with E-state index in [1.165, 1.54) is 0 Å².